The number of aliphatic hydroxyl groups is 1. The third-order valence-corrected chi connectivity index (χ3v) is 3.68. The van der Waals surface area contributed by atoms with E-state index in [0.29, 0.717) is 5.25 Å². The molecule has 3 atom stereocenters. The minimum absolute atomic E-state index is 0.288. The molecule has 0 amide bonds. The van der Waals surface area contributed by atoms with E-state index in [2.05, 4.69) is 13.2 Å². The molecule has 13 heavy (non-hydrogen) atoms. The maximum absolute atomic E-state index is 9.32. The molecule has 78 valence electrons. The average Bonchev–Trinajstić information content (AvgIpc) is 2.47. The number of rotatable bonds is 5. The van der Waals surface area contributed by atoms with E-state index in [-0.39, 0.29) is 6.10 Å². The molecule has 1 aliphatic rings. The molecule has 0 aromatic heterocycles. The molecule has 1 rings (SSSR count). The second kappa shape index (κ2) is 5.89. The van der Waals surface area contributed by atoms with Gasteiger partial charge in [0.15, 0.2) is 6.29 Å². The monoisotopic (exact) mass is 204 g/mol. The van der Waals surface area contributed by atoms with Gasteiger partial charge in [0.2, 0.25) is 0 Å². The van der Waals surface area contributed by atoms with Gasteiger partial charge in [-0.3, -0.25) is 0 Å². The van der Waals surface area contributed by atoms with Crippen molar-refractivity contribution in [3.63, 3.8) is 0 Å². The van der Waals surface area contributed by atoms with Crippen molar-refractivity contribution in [2.45, 2.75) is 56.7 Å². The molecule has 1 N–H and O–H groups in total. The maximum Gasteiger partial charge on any atom is 0.156 e. The molecule has 1 fully saturated rings. The van der Waals surface area contributed by atoms with Gasteiger partial charge < -0.3 is 9.84 Å². The lowest BCUT2D eigenvalue weighted by Gasteiger charge is -2.15. The Morgan fingerprint density at radius 2 is 2.23 bits per heavy atom. The first kappa shape index (κ1) is 11.3. The molecule has 1 heterocycles. The molecular weight excluding hydrogens is 184 g/mol. The van der Waals surface area contributed by atoms with Crippen LogP contribution in [0.2, 0.25) is 0 Å². The Labute approximate surface area is 85.0 Å². The fourth-order valence-electron chi connectivity index (χ4n) is 1.79. The lowest BCUT2D eigenvalue weighted by molar-refractivity contribution is -0.0917. The third-order valence-electron chi connectivity index (χ3n) is 2.58. The molecule has 0 radical (unpaired) electrons. The molecule has 1 aliphatic heterocycles. The van der Waals surface area contributed by atoms with Gasteiger partial charge in [0.25, 0.3) is 0 Å². The van der Waals surface area contributed by atoms with E-state index < -0.39 is 6.29 Å². The van der Waals surface area contributed by atoms with E-state index in [9.17, 15) is 5.11 Å². The van der Waals surface area contributed by atoms with Crippen LogP contribution in [-0.4, -0.2) is 29.0 Å². The fourth-order valence-corrected chi connectivity index (χ4v) is 2.65. The van der Waals surface area contributed by atoms with E-state index in [0.717, 1.165) is 12.8 Å². The number of unbranched alkanes of at least 4 members (excludes halogenated alkanes) is 2. The highest BCUT2D eigenvalue weighted by molar-refractivity contribution is 7.99. The minimum Gasteiger partial charge on any atom is -0.368 e. The van der Waals surface area contributed by atoms with E-state index in [1.807, 2.05) is 11.8 Å². The molecule has 0 saturated carbocycles. The summed E-state index contributed by atoms with van der Waals surface area (Å²) < 4.78 is 5.45. The zero-order valence-electron chi connectivity index (χ0n) is 8.53. The summed E-state index contributed by atoms with van der Waals surface area (Å²) in [5.74, 6) is 0. The van der Waals surface area contributed by atoms with Crippen molar-refractivity contribution in [3.05, 3.63) is 0 Å². The Kier molecular flexibility index (Phi) is 5.14. The van der Waals surface area contributed by atoms with Crippen LogP contribution in [0.25, 0.3) is 0 Å². The first-order valence-corrected chi connectivity index (χ1v) is 6.43. The van der Waals surface area contributed by atoms with Crippen LogP contribution in [0.5, 0.6) is 0 Å². The molecule has 0 bridgehead atoms. The summed E-state index contributed by atoms with van der Waals surface area (Å²) in [6.07, 6.45) is 7.54. The van der Waals surface area contributed by atoms with E-state index in [1.54, 1.807) is 0 Å². The van der Waals surface area contributed by atoms with Crippen LogP contribution in [0.4, 0.5) is 0 Å². The van der Waals surface area contributed by atoms with Crippen molar-refractivity contribution in [2.75, 3.05) is 6.26 Å². The number of hydrogen-bond acceptors (Lipinski definition) is 3. The molecule has 3 unspecified atom stereocenters. The summed E-state index contributed by atoms with van der Waals surface area (Å²) in [6.45, 7) is 2.20. The Morgan fingerprint density at radius 1 is 1.46 bits per heavy atom. The quantitative estimate of drug-likeness (QED) is 0.697. The fraction of sp³-hybridized carbons (Fsp3) is 1.00. The highest BCUT2D eigenvalue weighted by Gasteiger charge is 2.32. The van der Waals surface area contributed by atoms with Crippen molar-refractivity contribution < 1.29 is 9.84 Å². The number of ether oxygens (including phenoxy) is 1. The molecule has 1 saturated heterocycles. The third kappa shape index (κ3) is 3.49. The average molecular weight is 204 g/mol. The number of thioether (sulfide) groups is 1. The zero-order chi connectivity index (χ0) is 9.68. The molecule has 0 aromatic rings. The highest BCUT2D eigenvalue weighted by atomic mass is 32.2. The minimum atomic E-state index is -0.510. The van der Waals surface area contributed by atoms with Gasteiger partial charge in [-0.25, -0.2) is 0 Å². The van der Waals surface area contributed by atoms with Gasteiger partial charge >= 0.3 is 0 Å². The van der Waals surface area contributed by atoms with Crippen LogP contribution in [0.3, 0.4) is 0 Å². The predicted octanol–water partition coefficient (Wildman–Crippen LogP) is 2.41. The van der Waals surface area contributed by atoms with Crippen molar-refractivity contribution >= 4 is 11.8 Å². The van der Waals surface area contributed by atoms with Crippen LogP contribution in [0.1, 0.15) is 39.0 Å². The van der Waals surface area contributed by atoms with Gasteiger partial charge in [-0.1, -0.05) is 26.2 Å². The Morgan fingerprint density at radius 3 is 2.85 bits per heavy atom. The van der Waals surface area contributed by atoms with Gasteiger partial charge in [-0.2, -0.15) is 11.8 Å². The molecular formula is C10H20O2S. The van der Waals surface area contributed by atoms with E-state index in [4.69, 9.17) is 4.74 Å². The van der Waals surface area contributed by atoms with Crippen molar-refractivity contribution in [1.29, 1.82) is 0 Å². The van der Waals surface area contributed by atoms with Gasteiger partial charge in [0, 0.05) is 11.7 Å². The lowest BCUT2D eigenvalue weighted by atomic mass is 10.1. The Bertz CT molecular complexity index is 141. The molecule has 0 spiro atoms. The van der Waals surface area contributed by atoms with Crippen molar-refractivity contribution in [1.82, 2.24) is 0 Å². The summed E-state index contributed by atoms with van der Waals surface area (Å²) in [7, 11) is 0. The number of hydrogen-bond donors (Lipinski definition) is 1. The maximum atomic E-state index is 9.32. The van der Waals surface area contributed by atoms with Crippen molar-refractivity contribution in [2.24, 2.45) is 0 Å². The first-order chi connectivity index (χ1) is 6.27. The summed E-state index contributed by atoms with van der Waals surface area (Å²) in [6, 6.07) is 0. The highest BCUT2D eigenvalue weighted by Crippen LogP contribution is 2.30. The van der Waals surface area contributed by atoms with Gasteiger partial charge in [0.1, 0.15) is 0 Å². The smallest absolute Gasteiger partial charge is 0.156 e. The zero-order valence-corrected chi connectivity index (χ0v) is 9.35. The van der Waals surface area contributed by atoms with Crippen molar-refractivity contribution in [3.8, 4) is 0 Å². The first-order valence-electron chi connectivity index (χ1n) is 5.14. The molecule has 2 nitrogen and oxygen atoms in total. The predicted molar refractivity (Wildman–Crippen MR) is 56.9 cm³/mol. The molecule has 3 heteroatoms. The summed E-state index contributed by atoms with van der Waals surface area (Å²) in [5, 5.41) is 9.83. The standard InChI is InChI=1S/C10H20O2S/c1-3-4-5-6-8-9(13-2)7-10(11)12-8/h8-11H,3-7H2,1-2H3. The molecule has 0 aromatic carbocycles. The van der Waals surface area contributed by atoms with Gasteiger partial charge in [-0.15, -0.1) is 0 Å². The summed E-state index contributed by atoms with van der Waals surface area (Å²) in [5.41, 5.74) is 0. The van der Waals surface area contributed by atoms with Gasteiger partial charge in [-0.05, 0) is 12.7 Å². The van der Waals surface area contributed by atoms with E-state index >= 15 is 0 Å². The lowest BCUT2D eigenvalue weighted by Crippen LogP contribution is -2.17. The summed E-state index contributed by atoms with van der Waals surface area (Å²) >= 11 is 1.82. The van der Waals surface area contributed by atoms with Crippen LogP contribution >= 0.6 is 11.8 Å². The van der Waals surface area contributed by atoms with Crippen LogP contribution in [0, 0.1) is 0 Å². The summed E-state index contributed by atoms with van der Waals surface area (Å²) in [4.78, 5) is 0. The van der Waals surface area contributed by atoms with Crippen LogP contribution < -0.4 is 0 Å². The normalized spacial score (nSPS) is 33.9. The van der Waals surface area contributed by atoms with Crippen LogP contribution in [-0.2, 0) is 4.74 Å². The van der Waals surface area contributed by atoms with Crippen LogP contribution in [0.15, 0.2) is 0 Å². The second-order valence-corrected chi connectivity index (χ2v) is 4.71. The SMILES string of the molecule is CCCCCC1OC(O)CC1SC. The number of aliphatic hydroxyl groups excluding tert-OH is 1. The second-order valence-electron chi connectivity index (χ2n) is 3.63. The van der Waals surface area contributed by atoms with Gasteiger partial charge in [0.05, 0.1) is 6.10 Å². The van der Waals surface area contributed by atoms with E-state index in [1.165, 1.54) is 19.3 Å². The molecule has 0 aliphatic carbocycles. The Hall–Kier alpha value is 0.270. The topological polar surface area (TPSA) is 29.5 Å². The largest absolute Gasteiger partial charge is 0.368 e. The Balaban J connectivity index is 2.23.